The van der Waals surface area contributed by atoms with Gasteiger partial charge < -0.3 is 28.4 Å². The van der Waals surface area contributed by atoms with E-state index in [0.29, 0.717) is 98.1 Å². The van der Waals surface area contributed by atoms with Gasteiger partial charge in [0.15, 0.2) is 11.6 Å². The molecular formula is C44H54F2N12O10S2. The molecule has 2 N–H and O–H groups in total. The fraction of sp³-hybridized carbons (Fsp3) is 0.455. The number of methoxy groups -OCH3 is 4. The average molecular weight is 1010 g/mol. The van der Waals surface area contributed by atoms with E-state index in [1.807, 2.05) is 0 Å². The number of benzene rings is 2. The Morgan fingerprint density at radius 2 is 0.886 bits per heavy atom. The Bertz CT molecular complexity index is 2680. The number of hydrogen-bond acceptors (Lipinski definition) is 18. The Labute approximate surface area is 403 Å². The van der Waals surface area contributed by atoms with Gasteiger partial charge in [-0.1, -0.05) is 12.1 Å². The Morgan fingerprint density at radius 3 is 1.19 bits per heavy atom. The van der Waals surface area contributed by atoms with E-state index in [4.69, 9.17) is 28.4 Å². The number of aromatic nitrogens is 10. The number of rotatable bonds is 18. The predicted octanol–water partition coefficient (Wildman–Crippen LogP) is 4.96. The molecule has 26 heteroatoms. The van der Waals surface area contributed by atoms with Crippen molar-refractivity contribution in [1.82, 2.24) is 49.5 Å². The first-order valence-corrected chi connectivity index (χ1v) is 25.2. The van der Waals surface area contributed by atoms with Crippen LogP contribution in [-0.2, 0) is 42.4 Å². The summed E-state index contributed by atoms with van der Waals surface area (Å²) in [5, 5.41) is 15.2. The molecule has 0 unspecified atom stereocenters. The summed E-state index contributed by atoms with van der Waals surface area (Å²) >= 11 is 0. The zero-order valence-corrected chi connectivity index (χ0v) is 40.9. The highest BCUT2D eigenvalue weighted by Gasteiger charge is 2.33. The number of halogens is 2. The number of nitrogens with zero attached hydrogens (tertiary/aromatic N) is 10. The summed E-state index contributed by atoms with van der Waals surface area (Å²) in [5.41, 5.74) is 0.965. The van der Waals surface area contributed by atoms with E-state index in [2.05, 4.69) is 49.8 Å². The van der Waals surface area contributed by atoms with Crippen LogP contribution < -0.4 is 28.4 Å². The van der Waals surface area contributed by atoms with Gasteiger partial charge in [0.25, 0.3) is 0 Å². The highest BCUT2D eigenvalue weighted by Crippen LogP contribution is 2.40. The number of nitrogens with one attached hydrogen (secondary N) is 2. The van der Waals surface area contributed by atoms with Gasteiger partial charge in [0.05, 0.1) is 63.7 Å². The van der Waals surface area contributed by atoms with E-state index in [0.717, 1.165) is 24.8 Å². The van der Waals surface area contributed by atoms with Crippen molar-refractivity contribution in [2.75, 3.05) is 64.3 Å². The maximum absolute atomic E-state index is 13.2. The van der Waals surface area contributed by atoms with E-state index in [9.17, 15) is 25.6 Å². The molecule has 0 aliphatic carbocycles. The number of hydrogen-bond donors (Lipinski definition) is 2. The third-order valence-corrected chi connectivity index (χ3v) is 15.0. The minimum atomic E-state index is -3.96. The van der Waals surface area contributed by atoms with Crippen LogP contribution in [0.1, 0.15) is 74.7 Å². The average Bonchev–Trinajstić information content (AvgIpc) is 3.98. The highest BCUT2D eigenvalue weighted by atomic mass is 32.2. The minimum absolute atomic E-state index is 0.00108. The lowest BCUT2D eigenvalue weighted by Crippen LogP contribution is -2.29. The second kappa shape index (κ2) is 22.9. The van der Waals surface area contributed by atoms with Gasteiger partial charge in [-0.05, 0) is 63.8 Å². The van der Waals surface area contributed by atoms with Crippen LogP contribution in [0.3, 0.4) is 0 Å². The van der Waals surface area contributed by atoms with Crippen LogP contribution in [0.4, 0.5) is 20.7 Å². The lowest BCUT2D eigenvalue weighted by atomic mass is 9.99. The zero-order valence-electron chi connectivity index (χ0n) is 39.3. The first kappa shape index (κ1) is 51.2. The smallest absolute Gasteiger partial charge is 0.243 e. The number of anilines is 2. The minimum Gasteiger partial charge on any atom is -0.494 e. The van der Waals surface area contributed by atoms with Crippen LogP contribution in [0.5, 0.6) is 23.0 Å². The summed E-state index contributed by atoms with van der Waals surface area (Å²) in [6.45, 7) is 5.29. The molecule has 2 saturated heterocycles. The molecule has 6 aromatic rings. The van der Waals surface area contributed by atoms with E-state index in [1.54, 1.807) is 45.5 Å². The molecule has 2 fully saturated rings. The van der Waals surface area contributed by atoms with Gasteiger partial charge in [0.1, 0.15) is 57.7 Å². The summed E-state index contributed by atoms with van der Waals surface area (Å²) in [7, 11) is -1.85. The molecule has 22 nitrogen and oxygen atoms in total. The lowest BCUT2D eigenvalue weighted by Gasteiger charge is -2.24. The molecule has 70 heavy (non-hydrogen) atoms. The van der Waals surface area contributed by atoms with Crippen molar-refractivity contribution in [3.8, 4) is 34.4 Å². The third kappa shape index (κ3) is 11.8. The van der Waals surface area contributed by atoms with Crippen molar-refractivity contribution >= 4 is 31.9 Å². The highest BCUT2D eigenvalue weighted by molar-refractivity contribution is 7.93. The van der Waals surface area contributed by atoms with Crippen molar-refractivity contribution in [3.63, 3.8) is 0 Å². The van der Waals surface area contributed by atoms with Gasteiger partial charge in [-0.3, -0.25) is 18.6 Å². The zero-order chi connectivity index (χ0) is 50.0. The summed E-state index contributed by atoms with van der Waals surface area (Å²) in [6, 6.07) is 10.5. The van der Waals surface area contributed by atoms with Crippen LogP contribution in [0, 0.1) is 11.6 Å². The first-order chi connectivity index (χ1) is 33.7. The maximum atomic E-state index is 13.2. The van der Waals surface area contributed by atoms with Crippen molar-refractivity contribution in [3.05, 3.63) is 96.1 Å². The van der Waals surface area contributed by atoms with E-state index < -0.39 is 42.2 Å². The molecule has 2 aliphatic rings. The van der Waals surface area contributed by atoms with Gasteiger partial charge >= 0.3 is 0 Å². The molecule has 0 amide bonds. The fourth-order valence-electron chi connectivity index (χ4n) is 7.79. The van der Waals surface area contributed by atoms with Gasteiger partial charge in [0.2, 0.25) is 31.9 Å². The quantitative estimate of drug-likeness (QED) is 0.115. The van der Waals surface area contributed by atoms with Crippen molar-refractivity contribution in [2.45, 2.75) is 74.7 Å². The first-order valence-electron chi connectivity index (χ1n) is 22.1. The second-order valence-corrected chi connectivity index (χ2v) is 20.4. The summed E-state index contributed by atoms with van der Waals surface area (Å²) < 4.78 is 121. The van der Waals surface area contributed by atoms with Crippen molar-refractivity contribution in [1.29, 1.82) is 0 Å². The summed E-state index contributed by atoms with van der Waals surface area (Å²) in [6.07, 6.45) is 6.80. The molecule has 0 bridgehead atoms. The molecule has 2 aromatic carbocycles. The number of para-hydroxylation sites is 2. The van der Waals surface area contributed by atoms with Crippen LogP contribution in [0.25, 0.3) is 11.4 Å². The van der Waals surface area contributed by atoms with Crippen molar-refractivity contribution < 1.29 is 54.0 Å². The van der Waals surface area contributed by atoms with Crippen LogP contribution in [0.2, 0.25) is 0 Å². The molecule has 0 radical (unpaired) electrons. The topological polar surface area (TPSA) is 261 Å². The molecule has 0 spiro atoms. The maximum Gasteiger partial charge on any atom is 0.243 e. The van der Waals surface area contributed by atoms with E-state index in [1.165, 1.54) is 42.3 Å². The molecular weight excluding hydrogens is 959 g/mol. The molecule has 4 aromatic heterocycles. The molecule has 6 heterocycles. The standard InChI is InChI=1S/2C22H27FN6O5S/c2*1-14(11-19-24-12-16(23)13-25-19)35(30,31)28-22-27-26-21(15-7-9-34-10-8-15)29(22)20-17(32-2)5-4-6-18(20)33-3/h2*4-6,12-15H,7-11H2,1-3H3,(H,27,28)/t2*14-/m10/s1. The molecule has 8 rings (SSSR count). The van der Waals surface area contributed by atoms with Gasteiger partial charge in [-0.25, -0.2) is 45.6 Å². The summed E-state index contributed by atoms with van der Waals surface area (Å²) in [4.78, 5) is 15.4. The molecule has 2 aliphatic heterocycles. The third-order valence-electron chi connectivity index (χ3n) is 11.6. The van der Waals surface area contributed by atoms with Gasteiger partial charge in [0, 0.05) is 51.1 Å². The monoisotopic (exact) mass is 1010 g/mol. The largest absolute Gasteiger partial charge is 0.494 e. The lowest BCUT2D eigenvalue weighted by molar-refractivity contribution is 0.0831. The fourth-order valence-corrected chi connectivity index (χ4v) is 9.70. The number of sulfonamides is 2. The molecule has 0 saturated carbocycles. The van der Waals surface area contributed by atoms with Crippen LogP contribution in [-0.4, -0.2) is 132 Å². The Balaban J connectivity index is 0.000000206. The van der Waals surface area contributed by atoms with E-state index in [-0.39, 0.29) is 48.2 Å². The Morgan fingerprint density at radius 1 is 0.571 bits per heavy atom. The number of ether oxygens (including phenoxy) is 6. The molecule has 376 valence electrons. The predicted molar refractivity (Wildman–Crippen MR) is 250 cm³/mol. The van der Waals surface area contributed by atoms with E-state index >= 15 is 0 Å². The SMILES string of the molecule is COc1cccc(OC)c1-n1c(NS(=O)(=O)[C@@H](C)Cc2ncc(F)cn2)nnc1C1CCOCC1.COc1cccc(OC)c1-n1c(NS(=O)(=O)[C@H](C)Cc2ncc(F)cn2)nnc1C1CCOCC1. The Hall–Kier alpha value is -6.64. The van der Waals surface area contributed by atoms with Crippen LogP contribution >= 0.6 is 0 Å². The second-order valence-electron chi connectivity index (χ2n) is 16.2. The normalized spacial score (nSPS) is 15.5. The van der Waals surface area contributed by atoms with Crippen molar-refractivity contribution in [2.24, 2.45) is 0 Å². The molecule has 2 atom stereocenters. The Kier molecular flexibility index (Phi) is 16.7. The summed E-state index contributed by atoms with van der Waals surface area (Å²) in [5.74, 6) is 2.22. The van der Waals surface area contributed by atoms with Gasteiger partial charge in [-0.15, -0.1) is 20.4 Å². The van der Waals surface area contributed by atoms with Crippen LogP contribution in [0.15, 0.2) is 61.2 Å². The van der Waals surface area contributed by atoms with Gasteiger partial charge in [-0.2, -0.15) is 0 Å².